The van der Waals surface area contributed by atoms with Crippen molar-refractivity contribution in [3.63, 3.8) is 0 Å². The molecule has 1 aromatic rings. The Morgan fingerprint density at radius 3 is 2.79 bits per heavy atom. The minimum absolute atomic E-state index is 0.246. The quantitative estimate of drug-likeness (QED) is 0.769. The zero-order chi connectivity index (χ0) is 14.3. The summed E-state index contributed by atoms with van der Waals surface area (Å²) in [5.41, 5.74) is 0.741. The van der Waals surface area contributed by atoms with Gasteiger partial charge in [0.05, 0.1) is 13.0 Å². The number of hydrogen-bond acceptors (Lipinski definition) is 3. The van der Waals surface area contributed by atoms with E-state index in [-0.39, 0.29) is 5.88 Å². The third-order valence-electron chi connectivity index (χ3n) is 2.26. The number of rotatable bonds is 7. The number of nitrogens with zero attached hydrogens (tertiary/aromatic N) is 1. The van der Waals surface area contributed by atoms with Crippen LogP contribution in [0, 0.1) is 0 Å². The molecule has 0 aliphatic carbocycles. The highest BCUT2D eigenvalue weighted by Crippen LogP contribution is 2.23. The van der Waals surface area contributed by atoms with E-state index in [1.807, 2.05) is 6.92 Å². The van der Waals surface area contributed by atoms with Gasteiger partial charge in [-0.1, -0.05) is 6.92 Å². The third kappa shape index (κ3) is 6.77. The van der Waals surface area contributed by atoms with E-state index in [1.165, 1.54) is 6.20 Å². The molecule has 0 radical (unpaired) electrons. The van der Waals surface area contributed by atoms with Gasteiger partial charge in [0.1, 0.15) is 0 Å². The number of ether oxygens (including phenoxy) is 1. The molecule has 108 valence electrons. The van der Waals surface area contributed by atoms with E-state index >= 15 is 0 Å². The Labute approximate surface area is 118 Å². The van der Waals surface area contributed by atoms with Gasteiger partial charge in [-0.05, 0) is 35.0 Å². The van der Waals surface area contributed by atoms with E-state index in [0.29, 0.717) is 6.54 Å². The monoisotopic (exact) mass is 340 g/mol. The summed E-state index contributed by atoms with van der Waals surface area (Å²) in [6.07, 6.45) is -2.71. The highest BCUT2D eigenvalue weighted by Gasteiger charge is 2.27. The summed E-state index contributed by atoms with van der Waals surface area (Å²) in [6, 6.07) is 1.79. The average Bonchev–Trinajstić information content (AvgIpc) is 2.30. The molecule has 0 amide bonds. The summed E-state index contributed by atoms with van der Waals surface area (Å²) in [7, 11) is 0. The van der Waals surface area contributed by atoms with Crippen LogP contribution in [0.2, 0.25) is 0 Å². The largest absolute Gasteiger partial charge is 0.477 e. The SMILES string of the molecule is CCCNCc1cc(Br)cnc1OCCC(F)(F)F. The fraction of sp³-hybridized carbons (Fsp3) is 0.583. The lowest BCUT2D eigenvalue weighted by molar-refractivity contribution is -0.139. The Morgan fingerprint density at radius 2 is 2.16 bits per heavy atom. The van der Waals surface area contributed by atoms with Crippen LogP contribution in [-0.4, -0.2) is 24.3 Å². The number of halogens is 4. The Balaban J connectivity index is 2.60. The average molecular weight is 341 g/mol. The molecule has 0 atom stereocenters. The molecular weight excluding hydrogens is 325 g/mol. The van der Waals surface area contributed by atoms with Crippen molar-refractivity contribution in [2.24, 2.45) is 0 Å². The van der Waals surface area contributed by atoms with E-state index in [2.05, 4.69) is 26.2 Å². The van der Waals surface area contributed by atoms with Gasteiger partial charge in [-0.3, -0.25) is 0 Å². The lowest BCUT2D eigenvalue weighted by Crippen LogP contribution is -2.17. The molecule has 1 N–H and O–H groups in total. The van der Waals surface area contributed by atoms with Crippen LogP contribution in [0.25, 0.3) is 0 Å². The molecule has 0 spiro atoms. The molecule has 1 aromatic heterocycles. The lowest BCUT2D eigenvalue weighted by atomic mass is 10.2. The van der Waals surface area contributed by atoms with Gasteiger partial charge in [-0.25, -0.2) is 4.98 Å². The van der Waals surface area contributed by atoms with Crippen molar-refractivity contribution in [3.8, 4) is 5.88 Å². The minimum Gasteiger partial charge on any atom is -0.477 e. The predicted molar refractivity (Wildman–Crippen MR) is 70.1 cm³/mol. The number of pyridine rings is 1. The summed E-state index contributed by atoms with van der Waals surface area (Å²) in [4.78, 5) is 4.00. The number of aromatic nitrogens is 1. The van der Waals surface area contributed by atoms with E-state index in [9.17, 15) is 13.2 Å². The van der Waals surface area contributed by atoms with Crippen LogP contribution >= 0.6 is 15.9 Å². The van der Waals surface area contributed by atoms with Gasteiger partial charge in [0.2, 0.25) is 5.88 Å². The second-order valence-corrected chi connectivity index (χ2v) is 4.92. The normalized spacial score (nSPS) is 11.6. The number of nitrogens with one attached hydrogen (secondary N) is 1. The Morgan fingerprint density at radius 1 is 1.42 bits per heavy atom. The van der Waals surface area contributed by atoms with Gasteiger partial charge in [-0.2, -0.15) is 13.2 Å². The molecule has 3 nitrogen and oxygen atoms in total. The zero-order valence-electron chi connectivity index (χ0n) is 10.6. The first-order valence-electron chi connectivity index (χ1n) is 5.97. The zero-order valence-corrected chi connectivity index (χ0v) is 12.1. The fourth-order valence-electron chi connectivity index (χ4n) is 1.39. The maximum Gasteiger partial charge on any atom is 0.392 e. The molecule has 1 rings (SSSR count). The van der Waals surface area contributed by atoms with Crippen molar-refractivity contribution >= 4 is 15.9 Å². The van der Waals surface area contributed by atoms with Crippen LogP contribution in [0.5, 0.6) is 5.88 Å². The van der Waals surface area contributed by atoms with Crippen LogP contribution in [0.3, 0.4) is 0 Å². The van der Waals surface area contributed by atoms with E-state index in [4.69, 9.17) is 4.74 Å². The highest BCUT2D eigenvalue weighted by atomic mass is 79.9. The predicted octanol–water partition coefficient (Wildman–Crippen LogP) is 3.67. The Hall–Kier alpha value is -0.820. The van der Waals surface area contributed by atoms with Crippen LogP contribution in [0.15, 0.2) is 16.7 Å². The first-order valence-corrected chi connectivity index (χ1v) is 6.76. The maximum atomic E-state index is 12.1. The van der Waals surface area contributed by atoms with Crippen LogP contribution in [0.4, 0.5) is 13.2 Å². The maximum absolute atomic E-state index is 12.1. The van der Waals surface area contributed by atoms with Crippen LogP contribution in [-0.2, 0) is 6.54 Å². The molecule has 19 heavy (non-hydrogen) atoms. The molecule has 0 aliphatic heterocycles. The van der Waals surface area contributed by atoms with Crippen LogP contribution in [0.1, 0.15) is 25.3 Å². The Bertz CT molecular complexity index is 399. The topological polar surface area (TPSA) is 34.2 Å². The van der Waals surface area contributed by atoms with Crippen molar-refractivity contribution in [2.45, 2.75) is 32.5 Å². The summed E-state index contributed by atoms with van der Waals surface area (Å²) in [5, 5.41) is 3.16. The minimum atomic E-state index is -4.21. The van der Waals surface area contributed by atoms with E-state index in [0.717, 1.165) is 23.0 Å². The second-order valence-electron chi connectivity index (χ2n) is 4.01. The molecule has 0 saturated heterocycles. The molecule has 0 bridgehead atoms. The molecule has 0 aliphatic rings. The fourth-order valence-corrected chi connectivity index (χ4v) is 1.77. The highest BCUT2D eigenvalue weighted by molar-refractivity contribution is 9.10. The van der Waals surface area contributed by atoms with Crippen molar-refractivity contribution in [2.75, 3.05) is 13.2 Å². The number of alkyl halides is 3. The van der Waals surface area contributed by atoms with Crippen molar-refractivity contribution in [3.05, 3.63) is 22.3 Å². The van der Waals surface area contributed by atoms with Gasteiger partial charge in [-0.15, -0.1) is 0 Å². The number of hydrogen-bond donors (Lipinski definition) is 1. The molecule has 0 unspecified atom stereocenters. The van der Waals surface area contributed by atoms with Gasteiger partial charge in [0.15, 0.2) is 0 Å². The lowest BCUT2D eigenvalue weighted by Gasteiger charge is -2.12. The standard InChI is InChI=1S/C12H16BrF3N2O/c1-2-4-17-7-9-6-10(13)8-18-11(9)19-5-3-12(14,15)16/h6,8,17H,2-5,7H2,1H3. The summed E-state index contributed by atoms with van der Waals surface area (Å²) in [6.45, 7) is 2.96. The van der Waals surface area contributed by atoms with E-state index < -0.39 is 19.2 Å². The molecule has 0 aromatic carbocycles. The first kappa shape index (κ1) is 16.2. The van der Waals surface area contributed by atoms with Gasteiger partial charge in [0, 0.05) is 22.8 Å². The molecule has 1 heterocycles. The van der Waals surface area contributed by atoms with E-state index in [1.54, 1.807) is 6.07 Å². The second kappa shape index (κ2) is 7.69. The van der Waals surface area contributed by atoms with Gasteiger partial charge in [0.25, 0.3) is 0 Å². The molecule has 0 saturated carbocycles. The molecule has 7 heteroatoms. The Kier molecular flexibility index (Phi) is 6.57. The summed E-state index contributed by atoms with van der Waals surface area (Å²) < 4.78 is 42.0. The van der Waals surface area contributed by atoms with Gasteiger partial charge >= 0.3 is 6.18 Å². The summed E-state index contributed by atoms with van der Waals surface area (Å²) >= 11 is 3.28. The molecule has 0 fully saturated rings. The van der Waals surface area contributed by atoms with Crippen LogP contribution < -0.4 is 10.1 Å². The summed E-state index contributed by atoms with van der Waals surface area (Å²) in [5.74, 6) is 0.246. The smallest absolute Gasteiger partial charge is 0.392 e. The van der Waals surface area contributed by atoms with Crippen molar-refractivity contribution in [1.29, 1.82) is 0 Å². The molecular formula is C12H16BrF3N2O. The third-order valence-corrected chi connectivity index (χ3v) is 2.69. The first-order chi connectivity index (χ1) is 8.92. The van der Waals surface area contributed by atoms with Crippen molar-refractivity contribution in [1.82, 2.24) is 10.3 Å². The van der Waals surface area contributed by atoms with Gasteiger partial charge < -0.3 is 10.1 Å². The van der Waals surface area contributed by atoms with Crippen molar-refractivity contribution < 1.29 is 17.9 Å².